The molecule has 0 aliphatic rings. The maximum atomic E-state index is 12.5. The van der Waals surface area contributed by atoms with E-state index in [1.54, 1.807) is 26.0 Å². The number of halogens is 1. The molecule has 0 rings (SSSR count). The van der Waals surface area contributed by atoms with Crippen molar-refractivity contribution in [2.75, 3.05) is 6.67 Å². The second-order valence-electron chi connectivity index (χ2n) is 3.76. The Morgan fingerprint density at radius 3 is 2.46 bits per heavy atom. The van der Waals surface area contributed by atoms with Gasteiger partial charge < -0.3 is 5.73 Å². The maximum absolute atomic E-state index is 12.5. The highest BCUT2D eigenvalue weighted by Crippen LogP contribution is 2.23. The summed E-state index contributed by atoms with van der Waals surface area (Å²) in [4.78, 5) is 0. The minimum absolute atomic E-state index is 0.448. The van der Waals surface area contributed by atoms with Gasteiger partial charge in [-0.1, -0.05) is 32.6 Å². The standard InChI is InChI=1S/C11H18FN/c1-5-6-9(2)7-10(13)11(3,4)8-12/h5-7H,1,8,13H2,2-4H3/b9-6-,10-7-. The number of nitrogens with two attached hydrogens (primary N) is 1. The Morgan fingerprint density at radius 2 is 2.08 bits per heavy atom. The molecule has 0 heterocycles. The number of rotatable bonds is 4. The molecule has 1 nitrogen and oxygen atoms in total. The summed E-state index contributed by atoms with van der Waals surface area (Å²) in [6.07, 6.45) is 5.30. The summed E-state index contributed by atoms with van der Waals surface area (Å²) in [7, 11) is 0. The summed E-state index contributed by atoms with van der Waals surface area (Å²) < 4.78 is 12.5. The zero-order chi connectivity index (χ0) is 10.5. The van der Waals surface area contributed by atoms with Gasteiger partial charge in [-0.15, -0.1) is 0 Å². The van der Waals surface area contributed by atoms with Gasteiger partial charge in [0.15, 0.2) is 0 Å². The summed E-state index contributed by atoms with van der Waals surface area (Å²) >= 11 is 0. The van der Waals surface area contributed by atoms with E-state index in [2.05, 4.69) is 6.58 Å². The quantitative estimate of drug-likeness (QED) is 0.666. The molecule has 0 aliphatic heterocycles. The Bertz CT molecular complexity index is 236. The van der Waals surface area contributed by atoms with Gasteiger partial charge in [0.1, 0.15) is 0 Å². The normalized spacial score (nSPS) is 14.5. The molecule has 0 saturated heterocycles. The van der Waals surface area contributed by atoms with E-state index in [9.17, 15) is 4.39 Å². The van der Waals surface area contributed by atoms with Crippen LogP contribution in [0.1, 0.15) is 20.8 Å². The van der Waals surface area contributed by atoms with Crippen LogP contribution < -0.4 is 5.73 Å². The Hall–Kier alpha value is -1.05. The monoisotopic (exact) mass is 183 g/mol. The van der Waals surface area contributed by atoms with Crippen LogP contribution in [0.5, 0.6) is 0 Å². The molecule has 74 valence electrons. The third-order valence-electron chi connectivity index (χ3n) is 1.88. The van der Waals surface area contributed by atoms with E-state index < -0.39 is 12.1 Å². The highest BCUT2D eigenvalue weighted by Gasteiger charge is 2.20. The first-order valence-corrected chi connectivity index (χ1v) is 4.27. The van der Waals surface area contributed by atoms with Gasteiger partial charge in [0.05, 0.1) is 6.67 Å². The van der Waals surface area contributed by atoms with Crippen molar-refractivity contribution in [3.63, 3.8) is 0 Å². The van der Waals surface area contributed by atoms with E-state index in [0.29, 0.717) is 5.70 Å². The highest BCUT2D eigenvalue weighted by atomic mass is 19.1. The van der Waals surface area contributed by atoms with Crippen molar-refractivity contribution in [1.82, 2.24) is 0 Å². The average Bonchev–Trinajstić information content (AvgIpc) is 2.04. The molecule has 0 unspecified atom stereocenters. The molecule has 0 aromatic heterocycles. The summed E-state index contributed by atoms with van der Waals surface area (Å²) in [5, 5.41) is 0. The molecule has 2 N–H and O–H groups in total. The lowest BCUT2D eigenvalue weighted by atomic mass is 9.90. The smallest absolute Gasteiger partial charge is 0.0999 e. The topological polar surface area (TPSA) is 26.0 Å². The lowest BCUT2D eigenvalue weighted by Gasteiger charge is -2.21. The van der Waals surface area contributed by atoms with Crippen LogP contribution in [0.4, 0.5) is 4.39 Å². The molecule has 0 aromatic rings. The van der Waals surface area contributed by atoms with Crippen molar-refractivity contribution >= 4 is 0 Å². The number of hydrogen-bond donors (Lipinski definition) is 1. The number of alkyl halides is 1. The van der Waals surface area contributed by atoms with Gasteiger partial charge in [0, 0.05) is 11.1 Å². The lowest BCUT2D eigenvalue weighted by Crippen LogP contribution is -2.23. The first-order valence-electron chi connectivity index (χ1n) is 4.27. The molecule has 0 amide bonds. The van der Waals surface area contributed by atoms with Gasteiger partial charge in [-0.05, 0) is 18.6 Å². The summed E-state index contributed by atoms with van der Waals surface area (Å²) in [6, 6.07) is 0. The van der Waals surface area contributed by atoms with Crippen molar-refractivity contribution in [2.45, 2.75) is 20.8 Å². The minimum Gasteiger partial charge on any atom is -0.402 e. The van der Waals surface area contributed by atoms with Gasteiger partial charge in [-0.25, -0.2) is 0 Å². The number of hydrogen-bond acceptors (Lipinski definition) is 1. The summed E-state index contributed by atoms with van der Waals surface area (Å²) in [6.45, 7) is 8.58. The zero-order valence-electron chi connectivity index (χ0n) is 8.60. The maximum Gasteiger partial charge on any atom is 0.0999 e. The van der Waals surface area contributed by atoms with Gasteiger partial charge in [0.25, 0.3) is 0 Å². The molecule has 0 atom stereocenters. The fourth-order valence-electron chi connectivity index (χ4n) is 0.752. The van der Waals surface area contributed by atoms with Crippen molar-refractivity contribution in [1.29, 1.82) is 0 Å². The summed E-state index contributed by atoms with van der Waals surface area (Å²) in [5.74, 6) is 0. The van der Waals surface area contributed by atoms with E-state index in [-0.39, 0.29) is 0 Å². The predicted molar refractivity (Wildman–Crippen MR) is 56.0 cm³/mol. The third kappa shape index (κ3) is 3.92. The Kier molecular flexibility index (Phi) is 4.46. The van der Waals surface area contributed by atoms with E-state index in [1.807, 2.05) is 13.0 Å². The van der Waals surface area contributed by atoms with Crippen LogP contribution >= 0.6 is 0 Å². The molecular weight excluding hydrogens is 165 g/mol. The summed E-state index contributed by atoms with van der Waals surface area (Å²) in [5.41, 5.74) is 6.71. The van der Waals surface area contributed by atoms with Crippen LogP contribution in [0.25, 0.3) is 0 Å². The first kappa shape index (κ1) is 11.9. The van der Waals surface area contributed by atoms with Crippen LogP contribution in [-0.2, 0) is 0 Å². The fraction of sp³-hybridized carbons (Fsp3) is 0.455. The molecule has 0 spiro atoms. The molecule has 0 bridgehead atoms. The van der Waals surface area contributed by atoms with Crippen LogP contribution in [0, 0.1) is 5.41 Å². The van der Waals surface area contributed by atoms with E-state index in [0.717, 1.165) is 5.57 Å². The van der Waals surface area contributed by atoms with Crippen LogP contribution in [0.3, 0.4) is 0 Å². The van der Waals surface area contributed by atoms with Crippen LogP contribution in [0.2, 0.25) is 0 Å². The largest absolute Gasteiger partial charge is 0.402 e. The van der Waals surface area contributed by atoms with Gasteiger partial charge in [-0.3, -0.25) is 4.39 Å². The Labute approximate surface area is 79.8 Å². The Morgan fingerprint density at radius 1 is 1.54 bits per heavy atom. The molecule has 2 heteroatoms. The second-order valence-corrected chi connectivity index (χ2v) is 3.76. The van der Waals surface area contributed by atoms with Crippen molar-refractivity contribution in [3.05, 3.63) is 36.1 Å². The van der Waals surface area contributed by atoms with Gasteiger partial charge in [-0.2, -0.15) is 0 Å². The molecule has 13 heavy (non-hydrogen) atoms. The van der Waals surface area contributed by atoms with Gasteiger partial charge >= 0.3 is 0 Å². The lowest BCUT2D eigenvalue weighted by molar-refractivity contribution is 0.303. The highest BCUT2D eigenvalue weighted by molar-refractivity contribution is 5.26. The Balaban J connectivity index is 4.67. The third-order valence-corrected chi connectivity index (χ3v) is 1.88. The molecule has 0 aliphatic carbocycles. The van der Waals surface area contributed by atoms with Gasteiger partial charge in [0.2, 0.25) is 0 Å². The van der Waals surface area contributed by atoms with Crippen molar-refractivity contribution < 1.29 is 4.39 Å². The van der Waals surface area contributed by atoms with Crippen LogP contribution in [0.15, 0.2) is 36.1 Å². The van der Waals surface area contributed by atoms with E-state index >= 15 is 0 Å². The van der Waals surface area contributed by atoms with Crippen LogP contribution in [-0.4, -0.2) is 6.67 Å². The molecule has 0 aromatic carbocycles. The van der Waals surface area contributed by atoms with Crippen molar-refractivity contribution in [2.24, 2.45) is 11.1 Å². The van der Waals surface area contributed by atoms with E-state index in [1.165, 1.54) is 0 Å². The number of allylic oxidation sites excluding steroid dienone is 5. The predicted octanol–water partition coefficient (Wildman–Crippen LogP) is 2.96. The minimum atomic E-state index is -0.573. The second kappa shape index (κ2) is 4.85. The molecule has 0 saturated carbocycles. The average molecular weight is 183 g/mol. The molecule has 0 radical (unpaired) electrons. The first-order chi connectivity index (χ1) is 5.94. The van der Waals surface area contributed by atoms with Crippen molar-refractivity contribution in [3.8, 4) is 0 Å². The van der Waals surface area contributed by atoms with E-state index in [4.69, 9.17) is 5.73 Å². The molecule has 0 fully saturated rings. The SMILES string of the molecule is C=C/C=C(C)\C=C(/N)C(C)(C)CF. The molecular formula is C11H18FN. The fourth-order valence-corrected chi connectivity index (χ4v) is 0.752. The zero-order valence-corrected chi connectivity index (χ0v) is 8.60.